The monoisotopic (exact) mass is 401 g/mol. The number of nitrogens with zero attached hydrogens (tertiary/aromatic N) is 3. The summed E-state index contributed by atoms with van der Waals surface area (Å²) in [7, 11) is 0. The fraction of sp³-hybridized carbons (Fsp3) is 0.545. The Morgan fingerprint density at radius 1 is 1.21 bits per heavy atom. The minimum Gasteiger partial charge on any atom is -0.444 e. The summed E-state index contributed by atoms with van der Waals surface area (Å²) in [6, 6.07) is 11.8. The molecule has 7 heteroatoms. The summed E-state index contributed by atoms with van der Waals surface area (Å²) in [5, 5.41) is 25.6. The lowest BCUT2D eigenvalue weighted by molar-refractivity contribution is -0.0650. The molecule has 3 rings (SSSR count). The van der Waals surface area contributed by atoms with Crippen LogP contribution in [0.25, 0.3) is 0 Å². The Kier molecular flexibility index (Phi) is 6.29. The Morgan fingerprint density at radius 3 is 2.45 bits per heavy atom. The van der Waals surface area contributed by atoms with Crippen molar-refractivity contribution in [1.82, 2.24) is 14.7 Å². The highest BCUT2D eigenvalue weighted by atomic mass is 16.6. The van der Waals surface area contributed by atoms with Crippen LogP contribution >= 0.6 is 0 Å². The Morgan fingerprint density at radius 2 is 1.86 bits per heavy atom. The Balaban J connectivity index is 1.65. The van der Waals surface area contributed by atoms with Crippen LogP contribution in [0.5, 0.6) is 0 Å². The molecule has 7 nitrogen and oxygen atoms in total. The van der Waals surface area contributed by atoms with Crippen LogP contribution in [0, 0.1) is 5.41 Å². The van der Waals surface area contributed by atoms with Gasteiger partial charge in [0.1, 0.15) is 11.7 Å². The summed E-state index contributed by atoms with van der Waals surface area (Å²) in [5.41, 5.74) is 0.401. The number of likely N-dealkylation sites (tertiary alicyclic amines) is 1. The van der Waals surface area contributed by atoms with Gasteiger partial charge in [-0.2, -0.15) is 5.10 Å². The van der Waals surface area contributed by atoms with Gasteiger partial charge in [-0.3, -0.25) is 4.68 Å². The smallest absolute Gasteiger partial charge is 0.410 e. The van der Waals surface area contributed by atoms with E-state index in [1.807, 2.05) is 57.3 Å². The van der Waals surface area contributed by atoms with Crippen LogP contribution in [0.4, 0.5) is 4.79 Å². The minimum absolute atomic E-state index is 0.165. The lowest BCUT2D eigenvalue weighted by Crippen LogP contribution is -2.48. The van der Waals surface area contributed by atoms with Gasteiger partial charge < -0.3 is 19.8 Å². The summed E-state index contributed by atoms with van der Waals surface area (Å²) in [5.74, 6) is 0. The number of rotatable bonds is 5. The molecule has 1 unspecified atom stereocenters. The molecule has 1 aliphatic heterocycles. The van der Waals surface area contributed by atoms with Crippen LogP contribution in [0.3, 0.4) is 0 Å². The van der Waals surface area contributed by atoms with Gasteiger partial charge in [0, 0.05) is 24.7 Å². The lowest BCUT2D eigenvalue weighted by Gasteiger charge is -2.43. The normalized spacial score (nSPS) is 17.8. The van der Waals surface area contributed by atoms with Crippen LogP contribution in [0.1, 0.15) is 51.0 Å². The number of carbonyl (C=O) groups excluding carboxylic acids is 1. The molecule has 2 N–H and O–H groups in total. The van der Waals surface area contributed by atoms with Crippen molar-refractivity contribution in [2.45, 2.75) is 51.9 Å². The van der Waals surface area contributed by atoms with E-state index >= 15 is 0 Å². The predicted octanol–water partition coefficient (Wildman–Crippen LogP) is 2.97. The largest absolute Gasteiger partial charge is 0.444 e. The molecule has 1 saturated heterocycles. The molecule has 1 atom stereocenters. The molecule has 1 amide bonds. The van der Waals surface area contributed by atoms with E-state index < -0.39 is 17.1 Å². The average molecular weight is 402 g/mol. The Labute approximate surface area is 171 Å². The molecule has 0 bridgehead atoms. The first-order valence-corrected chi connectivity index (χ1v) is 10.1. The lowest BCUT2D eigenvalue weighted by atomic mass is 9.73. The van der Waals surface area contributed by atoms with Gasteiger partial charge >= 0.3 is 6.09 Å². The predicted molar refractivity (Wildman–Crippen MR) is 109 cm³/mol. The zero-order valence-electron chi connectivity index (χ0n) is 17.4. The first-order valence-electron chi connectivity index (χ1n) is 10.1. The third-order valence-electron chi connectivity index (χ3n) is 5.43. The zero-order chi connectivity index (χ0) is 21.1. The van der Waals surface area contributed by atoms with E-state index in [1.165, 1.54) is 0 Å². The number of aliphatic hydroxyl groups excluding tert-OH is 2. The first-order chi connectivity index (χ1) is 13.7. The maximum Gasteiger partial charge on any atom is 0.410 e. The van der Waals surface area contributed by atoms with Crippen molar-refractivity contribution in [2.24, 2.45) is 5.41 Å². The molecule has 29 heavy (non-hydrogen) atoms. The molecule has 0 radical (unpaired) electrons. The molecular weight excluding hydrogens is 370 g/mol. The van der Waals surface area contributed by atoms with Gasteiger partial charge in [0.25, 0.3) is 0 Å². The zero-order valence-corrected chi connectivity index (χ0v) is 17.4. The molecule has 0 saturated carbocycles. The van der Waals surface area contributed by atoms with Crippen LogP contribution in [-0.2, 0) is 11.3 Å². The topological polar surface area (TPSA) is 87.8 Å². The summed E-state index contributed by atoms with van der Waals surface area (Å²) in [4.78, 5) is 13.9. The SMILES string of the molecule is CC(C)(C)OC(=O)N1CCC(CO)(C(O)c2ccn(Cc3ccccc3)n2)CC1. The number of aromatic nitrogens is 2. The number of benzene rings is 1. The molecule has 2 heterocycles. The van der Waals surface area contributed by atoms with Gasteiger partial charge in [0.2, 0.25) is 0 Å². The van der Waals surface area contributed by atoms with Crippen molar-refractivity contribution in [3.63, 3.8) is 0 Å². The van der Waals surface area contributed by atoms with Gasteiger partial charge in [0.05, 0.1) is 18.8 Å². The second-order valence-corrected chi connectivity index (χ2v) is 8.81. The summed E-state index contributed by atoms with van der Waals surface area (Å²) in [6.45, 7) is 6.82. The highest BCUT2D eigenvalue weighted by Crippen LogP contribution is 2.42. The van der Waals surface area contributed by atoms with E-state index in [4.69, 9.17) is 4.74 Å². The van der Waals surface area contributed by atoms with E-state index in [9.17, 15) is 15.0 Å². The van der Waals surface area contributed by atoms with Gasteiger partial charge in [-0.05, 0) is 45.2 Å². The molecule has 1 fully saturated rings. The number of piperidine rings is 1. The molecule has 158 valence electrons. The van der Waals surface area contributed by atoms with Crippen molar-refractivity contribution in [1.29, 1.82) is 0 Å². The van der Waals surface area contributed by atoms with Gasteiger partial charge in [-0.25, -0.2) is 4.79 Å². The number of amides is 1. The van der Waals surface area contributed by atoms with Crippen molar-refractivity contribution in [2.75, 3.05) is 19.7 Å². The van der Waals surface area contributed by atoms with Crippen LogP contribution in [-0.4, -0.2) is 56.3 Å². The number of carbonyl (C=O) groups is 1. The van der Waals surface area contributed by atoms with E-state index in [0.29, 0.717) is 38.2 Å². The standard InChI is InChI=1S/C22H31N3O4/c1-21(2,3)29-20(28)24-13-10-22(16-26,11-14-24)19(27)18-9-12-25(23-18)15-17-7-5-4-6-8-17/h4-9,12,19,26-27H,10-11,13-16H2,1-3H3. The fourth-order valence-corrected chi connectivity index (χ4v) is 3.67. The highest BCUT2D eigenvalue weighted by Gasteiger charge is 2.43. The maximum atomic E-state index is 12.3. The minimum atomic E-state index is -0.898. The average Bonchev–Trinajstić information content (AvgIpc) is 3.15. The van der Waals surface area contributed by atoms with Crippen LogP contribution in [0.15, 0.2) is 42.6 Å². The molecule has 1 aliphatic rings. The van der Waals surface area contributed by atoms with Crippen molar-refractivity contribution in [3.05, 3.63) is 53.9 Å². The van der Waals surface area contributed by atoms with E-state index in [1.54, 1.807) is 15.6 Å². The Hall–Kier alpha value is -2.38. The van der Waals surface area contributed by atoms with E-state index in [-0.39, 0.29) is 12.7 Å². The van der Waals surface area contributed by atoms with Crippen molar-refractivity contribution < 1.29 is 19.7 Å². The summed E-state index contributed by atoms with van der Waals surface area (Å²) < 4.78 is 7.22. The second kappa shape index (κ2) is 8.55. The molecule has 1 aromatic heterocycles. The summed E-state index contributed by atoms with van der Waals surface area (Å²) >= 11 is 0. The maximum absolute atomic E-state index is 12.3. The van der Waals surface area contributed by atoms with Crippen LogP contribution in [0.2, 0.25) is 0 Å². The van der Waals surface area contributed by atoms with Gasteiger partial charge in [-0.1, -0.05) is 30.3 Å². The second-order valence-electron chi connectivity index (χ2n) is 8.81. The third kappa shape index (κ3) is 5.16. The third-order valence-corrected chi connectivity index (χ3v) is 5.43. The number of hydrogen-bond donors (Lipinski definition) is 2. The van der Waals surface area contributed by atoms with Crippen molar-refractivity contribution >= 4 is 6.09 Å². The first kappa shape index (κ1) is 21.3. The molecule has 0 aliphatic carbocycles. The van der Waals surface area contributed by atoms with E-state index in [2.05, 4.69) is 5.10 Å². The molecular formula is C22H31N3O4. The fourth-order valence-electron chi connectivity index (χ4n) is 3.67. The van der Waals surface area contributed by atoms with Gasteiger partial charge in [0.15, 0.2) is 0 Å². The number of aliphatic hydroxyl groups is 2. The molecule has 0 spiro atoms. The number of hydrogen-bond acceptors (Lipinski definition) is 5. The van der Waals surface area contributed by atoms with Crippen LogP contribution < -0.4 is 0 Å². The van der Waals surface area contributed by atoms with Gasteiger partial charge in [-0.15, -0.1) is 0 Å². The number of ether oxygens (including phenoxy) is 1. The Bertz CT molecular complexity index is 805. The van der Waals surface area contributed by atoms with E-state index in [0.717, 1.165) is 5.56 Å². The molecule has 1 aromatic carbocycles. The van der Waals surface area contributed by atoms with Crippen molar-refractivity contribution in [3.8, 4) is 0 Å². The highest BCUT2D eigenvalue weighted by molar-refractivity contribution is 5.68. The summed E-state index contributed by atoms with van der Waals surface area (Å²) in [6.07, 6.45) is 1.55. The quantitative estimate of drug-likeness (QED) is 0.804. The molecule has 2 aromatic rings.